The Labute approximate surface area is 152 Å². The van der Waals surface area contributed by atoms with E-state index < -0.39 is 12.1 Å². The van der Waals surface area contributed by atoms with E-state index in [9.17, 15) is 13.2 Å². The molecule has 2 heterocycles. The van der Waals surface area contributed by atoms with Crippen molar-refractivity contribution in [2.75, 3.05) is 6.54 Å². The van der Waals surface area contributed by atoms with Crippen molar-refractivity contribution < 1.29 is 13.2 Å². The summed E-state index contributed by atoms with van der Waals surface area (Å²) in [6, 6.07) is 0.310. The van der Waals surface area contributed by atoms with Crippen LogP contribution in [0.25, 0.3) is 0 Å². The number of hydrogen-bond acceptors (Lipinski definition) is 2. The Kier molecular flexibility index (Phi) is 6.52. The predicted molar refractivity (Wildman–Crippen MR) is 97.9 cm³/mol. The molecule has 0 aromatic carbocycles. The van der Waals surface area contributed by atoms with Crippen molar-refractivity contribution in [1.29, 1.82) is 0 Å². The lowest BCUT2D eigenvalue weighted by Crippen LogP contribution is -2.47. The maximum absolute atomic E-state index is 14.9. The van der Waals surface area contributed by atoms with Crippen molar-refractivity contribution in [3.05, 3.63) is 0 Å². The van der Waals surface area contributed by atoms with Gasteiger partial charge < -0.3 is 0 Å². The number of alkyl halides is 3. The van der Waals surface area contributed by atoms with Gasteiger partial charge in [0.05, 0.1) is 6.54 Å². The third-order valence-electron chi connectivity index (χ3n) is 6.30. The van der Waals surface area contributed by atoms with Gasteiger partial charge in [-0.1, -0.05) is 20.8 Å². The average Bonchev–Trinajstić information content (AvgIpc) is 2.97. The van der Waals surface area contributed by atoms with Crippen molar-refractivity contribution in [3.63, 3.8) is 0 Å². The highest BCUT2D eigenvalue weighted by Crippen LogP contribution is 2.41. The van der Waals surface area contributed by atoms with Gasteiger partial charge in [0.25, 0.3) is 5.92 Å². The van der Waals surface area contributed by atoms with E-state index in [4.69, 9.17) is 0 Å². The summed E-state index contributed by atoms with van der Waals surface area (Å²) >= 11 is 0. The number of hydrogen-bond donors (Lipinski definition) is 0. The van der Waals surface area contributed by atoms with Gasteiger partial charge in [0.2, 0.25) is 0 Å². The quantitative estimate of drug-likeness (QED) is 0.658. The molecule has 2 rings (SSSR count). The van der Waals surface area contributed by atoms with Gasteiger partial charge in [-0.2, -0.15) is 0 Å². The van der Waals surface area contributed by atoms with E-state index in [2.05, 4.69) is 32.6 Å². The summed E-state index contributed by atoms with van der Waals surface area (Å²) in [6.07, 6.45) is 0.284. The van der Waals surface area contributed by atoms with Gasteiger partial charge in [-0.3, -0.25) is 9.80 Å². The minimum atomic E-state index is -2.62. The van der Waals surface area contributed by atoms with E-state index in [0.29, 0.717) is 18.8 Å². The number of rotatable bonds is 6. The third-order valence-corrected chi connectivity index (χ3v) is 6.30. The summed E-state index contributed by atoms with van der Waals surface area (Å²) in [4.78, 5) is 4.24. The predicted octanol–water partition coefficient (Wildman–Crippen LogP) is 4.98. The molecule has 5 atom stereocenters. The molecule has 0 bridgehead atoms. The van der Waals surface area contributed by atoms with Crippen LogP contribution >= 0.6 is 0 Å². The second-order valence-electron chi connectivity index (χ2n) is 9.28. The smallest absolute Gasteiger partial charge is 0.262 e. The molecular formula is C20H37F3N2. The van der Waals surface area contributed by atoms with E-state index in [1.807, 2.05) is 25.7 Å². The van der Waals surface area contributed by atoms with Crippen LogP contribution in [-0.4, -0.2) is 58.6 Å². The SMILES string of the molecule is CC(C)C1CC(F)C(CC(C)C2CC(F)(F)CN2C(C)C)N1C(C)C. The maximum atomic E-state index is 14.9. The van der Waals surface area contributed by atoms with Crippen molar-refractivity contribution in [2.45, 2.75) is 110 Å². The largest absolute Gasteiger partial charge is 0.292 e. The van der Waals surface area contributed by atoms with E-state index in [1.165, 1.54) is 0 Å². The van der Waals surface area contributed by atoms with Gasteiger partial charge in [0.15, 0.2) is 0 Å². The van der Waals surface area contributed by atoms with Crippen LogP contribution in [-0.2, 0) is 0 Å². The molecule has 0 aliphatic carbocycles. The Bertz CT molecular complexity index is 439. The van der Waals surface area contributed by atoms with E-state index in [-0.39, 0.29) is 49.1 Å². The van der Waals surface area contributed by atoms with Gasteiger partial charge in [-0.25, -0.2) is 13.2 Å². The second kappa shape index (κ2) is 7.75. The van der Waals surface area contributed by atoms with Crippen molar-refractivity contribution in [1.82, 2.24) is 9.80 Å². The number of nitrogens with zero attached hydrogens (tertiary/aromatic N) is 2. The monoisotopic (exact) mass is 362 g/mol. The molecule has 148 valence electrons. The molecule has 0 radical (unpaired) electrons. The molecule has 2 saturated heterocycles. The molecule has 0 aromatic rings. The normalized spacial score (nSPS) is 35.4. The van der Waals surface area contributed by atoms with Crippen LogP contribution in [0.4, 0.5) is 13.2 Å². The Hall–Kier alpha value is -0.290. The van der Waals surface area contributed by atoms with Gasteiger partial charge in [-0.05, 0) is 52.4 Å². The van der Waals surface area contributed by atoms with Crippen molar-refractivity contribution >= 4 is 0 Å². The molecule has 25 heavy (non-hydrogen) atoms. The van der Waals surface area contributed by atoms with Crippen molar-refractivity contribution in [2.24, 2.45) is 11.8 Å². The Morgan fingerprint density at radius 2 is 1.56 bits per heavy atom. The third kappa shape index (κ3) is 4.52. The highest BCUT2D eigenvalue weighted by Gasteiger charge is 2.50. The summed E-state index contributed by atoms with van der Waals surface area (Å²) in [7, 11) is 0. The molecule has 0 N–H and O–H groups in total. The number of likely N-dealkylation sites (tertiary alicyclic amines) is 2. The van der Waals surface area contributed by atoms with Crippen molar-refractivity contribution in [3.8, 4) is 0 Å². The summed E-state index contributed by atoms with van der Waals surface area (Å²) in [5.41, 5.74) is 0. The molecule has 2 nitrogen and oxygen atoms in total. The van der Waals surface area contributed by atoms with Crippen LogP contribution in [0.5, 0.6) is 0 Å². The van der Waals surface area contributed by atoms with E-state index in [0.717, 1.165) is 0 Å². The first-order valence-corrected chi connectivity index (χ1v) is 9.99. The zero-order chi connectivity index (χ0) is 19.1. The fourth-order valence-electron chi connectivity index (χ4n) is 5.10. The highest BCUT2D eigenvalue weighted by molar-refractivity contribution is 5.01. The van der Waals surface area contributed by atoms with Crippen LogP contribution in [0.2, 0.25) is 0 Å². The van der Waals surface area contributed by atoms with Gasteiger partial charge in [-0.15, -0.1) is 0 Å². The Morgan fingerprint density at radius 3 is 2.04 bits per heavy atom. The lowest BCUT2D eigenvalue weighted by Gasteiger charge is -2.39. The molecule has 5 unspecified atom stereocenters. The van der Waals surface area contributed by atoms with Crippen LogP contribution in [0.1, 0.15) is 67.7 Å². The second-order valence-corrected chi connectivity index (χ2v) is 9.28. The number of halogens is 3. The molecule has 2 fully saturated rings. The van der Waals surface area contributed by atoms with Crippen LogP contribution in [0.15, 0.2) is 0 Å². The van der Waals surface area contributed by atoms with E-state index in [1.54, 1.807) is 0 Å². The summed E-state index contributed by atoms with van der Waals surface area (Å²) in [5, 5.41) is 0. The Morgan fingerprint density at radius 1 is 0.960 bits per heavy atom. The first-order valence-electron chi connectivity index (χ1n) is 9.99. The highest BCUT2D eigenvalue weighted by atomic mass is 19.3. The lowest BCUT2D eigenvalue weighted by atomic mass is 9.90. The minimum Gasteiger partial charge on any atom is -0.292 e. The zero-order valence-corrected chi connectivity index (χ0v) is 17.0. The molecule has 0 amide bonds. The van der Waals surface area contributed by atoms with Gasteiger partial charge >= 0.3 is 0 Å². The molecule has 5 heteroatoms. The summed E-state index contributed by atoms with van der Waals surface area (Å²) < 4.78 is 42.9. The summed E-state index contributed by atoms with van der Waals surface area (Å²) in [6.45, 7) is 14.4. The topological polar surface area (TPSA) is 6.48 Å². The lowest BCUT2D eigenvalue weighted by molar-refractivity contribution is 0.00912. The first-order chi connectivity index (χ1) is 11.4. The van der Waals surface area contributed by atoms with Crippen LogP contribution in [0.3, 0.4) is 0 Å². The maximum Gasteiger partial charge on any atom is 0.262 e. The first kappa shape index (κ1) is 21.0. The van der Waals surface area contributed by atoms with Gasteiger partial charge in [0, 0.05) is 36.6 Å². The standard InChI is InChI=1S/C20H37F3N2/c1-12(2)17-9-16(21)18(25(17)14(5)6)8-15(7)19-10-20(22,23)11-24(19)13(3)4/h12-19H,8-11H2,1-7H3. The molecule has 0 aromatic heterocycles. The molecule has 0 saturated carbocycles. The van der Waals surface area contributed by atoms with Crippen LogP contribution < -0.4 is 0 Å². The fraction of sp³-hybridized carbons (Fsp3) is 1.00. The summed E-state index contributed by atoms with van der Waals surface area (Å²) in [5.74, 6) is -2.15. The molecule has 2 aliphatic rings. The zero-order valence-electron chi connectivity index (χ0n) is 17.0. The average molecular weight is 363 g/mol. The Balaban J connectivity index is 2.13. The minimum absolute atomic E-state index is 0.0613. The fourth-order valence-corrected chi connectivity index (χ4v) is 5.10. The van der Waals surface area contributed by atoms with Gasteiger partial charge in [0.1, 0.15) is 6.17 Å². The van der Waals surface area contributed by atoms with E-state index >= 15 is 0 Å². The van der Waals surface area contributed by atoms with Crippen LogP contribution in [0, 0.1) is 11.8 Å². The molecule has 0 spiro atoms. The molecule has 2 aliphatic heterocycles. The molecular weight excluding hydrogens is 325 g/mol.